The number of benzene rings is 1. The molecule has 0 aromatic heterocycles. The van der Waals surface area contributed by atoms with Crippen LogP contribution in [-0.2, 0) is 0 Å². The fourth-order valence-corrected chi connectivity index (χ4v) is 1.99. The molecule has 1 aromatic carbocycles. The highest BCUT2D eigenvalue weighted by atomic mass is 15.2. The standard InChI is InChI=1S/C12H18N2.C2H6/c1-10-3-5-12(6-4-10)14-8-7-11(9-14)13-2;1-2/h3-6,11,13H,7-9H2,1-2H3;1-2H3/t11-;/m0./s1. The van der Waals surface area contributed by atoms with Crippen molar-refractivity contribution >= 4 is 5.69 Å². The molecule has 1 N–H and O–H groups in total. The van der Waals surface area contributed by atoms with Crippen molar-refractivity contribution in [3.63, 3.8) is 0 Å². The van der Waals surface area contributed by atoms with Crippen molar-refractivity contribution in [1.82, 2.24) is 5.32 Å². The van der Waals surface area contributed by atoms with Gasteiger partial charge in [-0.05, 0) is 32.5 Å². The Balaban J connectivity index is 0.000000606. The van der Waals surface area contributed by atoms with Crippen LogP contribution in [0.5, 0.6) is 0 Å². The van der Waals surface area contributed by atoms with Crippen molar-refractivity contribution < 1.29 is 0 Å². The summed E-state index contributed by atoms with van der Waals surface area (Å²) >= 11 is 0. The van der Waals surface area contributed by atoms with Gasteiger partial charge in [-0.3, -0.25) is 0 Å². The molecule has 2 nitrogen and oxygen atoms in total. The van der Waals surface area contributed by atoms with Crippen LogP contribution in [-0.4, -0.2) is 26.2 Å². The summed E-state index contributed by atoms with van der Waals surface area (Å²) in [5.74, 6) is 0. The van der Waals surface area contributed by atoms with Crippen LogP contribution < -0.4 is 10.2 Å². The van der Waals surface area contributed by atoms with Gasteiger partial charge < -0.3 is 10.2 Å². The summed E-state index contributed by atoms with van der Waals surface area (Å²) in [5.41, 5.74) is 2.69. The molecule has 1 aromatic rings. The van der Waals surface area contributed by atoms with Gasteiger partial charge in [0.15, 0.2) is 0 Å². The van der Waals surface area contributed by atoms with Crippen LogP contribution in [0.25, 0.3) is 0 Å². The molecule has 16 heavy (non-hydrogen) atoms. The van der Waals surface area contributed by atoms with Gasteiger partial charge in [0.05, 0.1) is 0 Å². The van der Waals surface area contributed by atoms with Crippen molar-refractivity contribution in [2.24, 2.45) is 0 Å². The van der Waals surface area contributed by atoms with E-state index in [1.165, 1.54) is 24.2 Å². The number of anilines is 1. The maximum absolute atomic E-state index is 3.33. The normalized spacial score (nSPS) is 19.2. The Hall–Kier alpha value is -1.02. The number of aryl methyl sites for hydroxylation is 1. The Labute approximate surface area is 99.7 Å². The molecule has 0 radical (unpaired) electrons. The summed E-state index contributed by atoms with van der Waals surface area (Å²) in [6.07, 6.45) is 1.25. The number of hydrogen-bond donors (Lipinski definition) is 1. The minimum absolute atomic E-state index is 0.663. The van der Waals surface area contributed by atoms with Gasteiger partial charge in [-0.25, -0.2) is 0 Å². The Bertz CT molecular complexity index is 292. The molecule has 0 spiro atoms. The predicted molar refractivity (Wildman–Crippen MR) is 72.2 cm³/mol. The molecule has 1 atom stereocenters. The van der Waals surface area contributed by atoms with E-state index in [9.17, 15) is 0 Å². The largest absolute Gasteiger partial charge is 0.370 e. The topological polar surface area (TPSA) is 15.3 Å². The first-order chi connectivity index (χ1) is 7.79. The van der Waals surface area contributed by atoms with Crippen LogP contribution >= 0.6 is 0 Å². The number of rotatable bonds is 2. The van der Waals surface area contributed by atoms with Crippen LogP contribution in [0.2, 0.25) is 0 Å². The van der Waals surface area contributed by atoms with Crippen LogP contribution in [0.3, 0.4) is 0 Å². The molecule has 1 heterocycles. The predicted octanol–water partition coefficient (Wildman–Crippen LogP) is 2.82. The molecule has 0 saturated carbocycles. The third-order valence-electron chi connectivity index (χ3n) is 3.00. The van der Waals surface area contributed by atoms with Gasteiger partial charge in [0, 0.05) is 24.8 Å². The molecule has 90 valence electrons. The first-order valence-corrected chi connectivity index (χ1v) is 6.28. The molecule has 1 aliphatic heterocycles. The van der Waals surface area contributed by atoms with Gasteiger partial charge >= 0.3 is 0 Å². The van der Waals surface area contributed by atoms with Crippen molar-refractivity contribution in [1.29, 1.82) is 0 Å². The first kappa shape index (κ1) is 13.0. The maximum Gasteiger partial charge on any atom is 0.0366 e. The number of nitrogens with zero attached hydrogens (tertiary/aromatic N) is 1. The second-order valence-corrected chi connectivity index (χ2v) is 4.06. The van der Waals surface area contributed by atoms with Crippen LogP contribution in [0.1, 0.15) is 25.8 Å². The average Bonchev–Trinajstić information content (AvgIpc) is 2.81. The lowest BCUT2D eigenvalue weighted by Gasteiger charge is -2.18. The summed E-state index contributed by atoms with van der Waals surface area (Å²) in [4.78, 5) is 2.45. The third kappa shape index (κ3) is 3.24. The van der Waals surface area contributed by atoms with Crippen LogP contribution in [0, 0.1) is 6.92 Å². The number of likely N-dealkylation sites (N-methyl/N-ethyl adjacent to an activating group) is 1. The Morgan fingerprint density at radius 1 is 1.19 bits per heavy atom. The van der Waals surface area contributed by atoms with E-state index in [0.29, 0.717) is 6.04 Å². The molecule has 2 rings (SSSR count). The third-order valence-corrected chi connectivity index (χ3v) is 3.00. The summed E-state index contributed by atoms with van der Waals surface area (Å²) in [7, 11) is 2.04. The maximum atomic E-state index is 3.33. The monoisotopic (exact) mass is 220 g/mol. The molecule has 0 aliphatic carbocycles. The summed E-state index contributed by atoms with van der Waals surface area (Å²) < 4.78 is 0. The minimum Gasteiger partial charge on any atom is -0.370 e. The van der Waals surface area contributed by atoms with E-state index in [4.69, 9.17) is 0 Å². The molecule has 1 aliphatic rings. The van der Waals surface area contributed by atoms with Gasteiger partial charge in [-0.1, -0.05) is 31.5 Å². The lowest BCUT2D eigenvalue weighted by atomic mass is 10.2. The van der Waals surface area contributed by atoms with Crippen LogP contribution in [0.4, 0.5) is 5.69 Å². The highest BCUT2D eigenvalue weighted by Crippen LogP contribution is 2.20. The molecule has 1 fully saturated rings. The van der Waals surface area contributed by atoms with Gasteiger partial charge in [-0.15, -0.1) is 0 Å². The summed E-state index contributed by atoms with van der Waals surface area (Å²) in [6.45, 7) is 8.44. The zero-order valence-corrected chi connectivity index (χ0v) is 11.0. The highest BCUT2D eigenvalue weighted by Gasteiger charge is 2.20. The fourth-order valence-electron chi connectivity index (χ4n) is 1.99. The molecule has 0 amide bonds. The minimum atomic E-state index is 0.663. The van der Waals surface area contributed by atoms with Crippen molar-refractivity contribution in [2.45, 2.75) is 33.2 Å². The van der Waals surface area contributed by atoms with Gasteiger partial charge in [0.2, 0.25) is 0 Å². The lowest BCUT2D eigenvalue weighted by Crippen LogP contribution is -2.29. The van der Waals surface area contributed by atoms with Crippen molar-refractivity contribution in [3.8, 4) is 0 Å². The van der Waals surface area contributed by atoms with Gasteiger partial charge in [-0.2, -0.15) is 0 Å². The van der Waals surface area contributed by atoms with E-state index in [0.717, 1.165) is 6.54 Å². The molecule has 0 unspecified atom stereocenters. The van der Waals surface area contributed by atoms with E-state index in [2.05, 4.69) is 41.4 Å². The first-order valence-electron chi connectivity index (χ1n) is 6.28. The zero-order chi connectivity index (χ0) is 12.0. The Morgan fingerprint density at radius 2 is 1.81 bits per heavy atom. The molecular weight excluding hydrogens is 196 g/mol. The van der Waals surface area contributed by atoms with Gasteiger partial charge in [0.25, 0.3) is 0 Å². The second kappa shape index (κ2) is 6.54. The smallest absolute Gasteiger partial charge is 0.0366 e. The highest BCUT2D eigenvalue weighted by molar-refractivity contribution is 5.48. The van der Waals surface area contributed by atoms with E-state index in [1.807, 2.05) is 20.9 Å². The Kier molecular flexibility index (Phi) is 5.33. The van der Waals surface area contributed by atoms with Crippen molar-refractivity contribution in [3.05, 3.63) is 29.8 Å². The summed E-state index contributed by atoms with van der Waals surface area (Å²) in [6, 6.07) is 9.46. The zero-order valence-electron chi connectivity index (χ0n) is 11.0. The van der Waals surface area contributed by atoms with Crippen LogP contribution in [0.15, 0.2) is 24.3 Å². The molecule has 1 saturated heterocycles. The van der Waals surface area contributed by atoms with Crippen molar-refractivity contribution in [2.75, 3.05) is 25.0 Å². The lowest BCUT2D eigenvalue weighted by molar-refractivity contribution is 0.617. The quantitative estimate of drug-likeness (QED) is 0.824. The SMILES string of the molecule is CC.CN[C@H]1CCN(c2ccc(C)cc2)C1. The van der Waals surface area contributed by atoms with E-state index >= 15 is 0 Å². The van der Waals surface area contributed by atoms with Gasteiger partial charge in [0.1, 0.15) is 0 Å². The van der Waals surface area contributed by atoms with E-state index in [-0.39, 0.29) is 0 Å². The van der Waals surface area contributed by atoms with E-state index in [1.54, 1.807) is 0 Å². The fraction of sp³-hybridized carbons (Fsp3) is 0.571. The summed E-state index contributed by atoms with van der Waals surface area (Å²) in [5, 5.41) is 3.33. The number of hydrogen-bond acceptors (Lipinski definition) is 2. The number of nitrogens with one attached hydrogen (secondary N) is 1. The average molecular weight is 220 g/mol. The van der Waals surface area contributed by atoms with E-state index < -0.39 is 0 Å². The second-order valence-electron chi connectivity index (χ2n) is 4.06. The molecule has 2 heteroatoms. The Morgan fingerprint density at radius 3 is 2.31 bits per heavy atom. The molecular formula is C14H24N2. The molecule has 0 bridgehead atoms.